The Morgan fingerprint density at radius 2 is 1.87 bits per heavy atom. The fourth-order valence-corrected chi connectivity index (χ4v) is 1.04. The fraction of sp³-hybridized carbons (Fsp3) is 0.556. The first-order valence-electron chi connectivity index (χ1n) is 4.49. The minimum absolute atomic E-state index is 0.188. The molecular formula is C9H12F3N3. The minimum Gasteiger partial charge on any atom is -0.321 e. The number of nitrogens with zero attached hydrogens (tertiary/aromatic N) is 2. The number of aromatic nitrogens is 2. The predicted molar refractivity (Wildman–Crippen MR) is 49.0 cm³/mol. The van der Waals surface area contributed by atoms with Crippen LogP contribution in [0.3, 0.4) is 0 Å². The van der Waals surface area contributed by atoms with E-state index in [4.69, 9.17) is 5.73 Å². The molecule has 0 radical (unpaired) electrons. The van der Waals surface area contributed by atoms with Crippen molar-refractivity contribution in [1.82, 2.24) is 9.97 Å². The highest BCUT2D eigenvalue weighted by atomic mass is 19.4. The van der Waals surface area contributed by atoms with Crippen molar-refractivity contribution < 1.29 is 13.2 Å². The van der Waals surface area contributed by atoms with Gasteiger partial charge in [0.2, 0.25) is 0 Å². The maximum absolute atomic E-state index is 11.9. The molecule has 0 fully saturated rings. The molecule has 2 N–H and O–H groups in total. The molecule has 0 amide bonds. The standard InChI is InChI=1S/C9H12F3N3/c1-6-4-14-8(15-5-6)7(13)2-3-9(10,11)12/h4-5,7H,2-3,13H2,1H3. The molecule has 0 saturated carbocycles. The Morgan fingerprint density at radius 1 is 1.33 bits per heavy atom. The van der Waals surface area contributed by atoms with E-state index < -0.39 is 18.6 Å². The number of hydrogen-bond acceptors (Lipinski definition) is 3. The van der Waals surface area contributed by atoms with Crippen molar-refractivity contribution in [3.63, 3.8) is 0 Å². The van der Waals surface area contributed by atoms with Gasteiger partial charge in [0.15, 0.2) is 0 Å². The summed E-state index contributed by atoms with van der Waals surface area (Å²) in [5.41, 5.74) is 6.38. The first-order chi connectivity index (χ1) is 6.88. The van der Waals surface area contributed by atoms with Gasteiger partial charge in [-0.1, -0.05) is 0 Å². The Bertz CT molecular complexity index is 307. The van der Waals surface area contributed by atoms with Gasteiger partial charge in [-0.25, -0.2) is 9.97 Å². The van der Waals surface area contributed by atoms with Gasteiger partial charge in [0.25, 0.3) is 0 Å². The Balaban J connectivity index is 2.54. The van der Waals surface area contributed by atoms with Crippen LogP contribution in [0.5, 0.6) is 0 Å². The highest BCUT2D eigenvalue weighted by Gasteiger charge is 2.28. The lowest BCUT2D eigenvalue weighted by molar-refractivity contribution is -0.136. The third-order valence-electron chi connectivity index (χ3n) is 1.87. The van der Waals surface area contributed by atoms with Crippen molar-refractivity contribution >= 4 is 0 Å². The van der Waals surface area contributed by atoms with Gasteiger partial charge in [-0.15, -0.1) is 0 Å². The Labute approximate surface area is 85.5 Å². The summed E-state index contributed by atoms with van der Waals surface area (Å²) >= 11 is 0. The fourth-order valence-electron chi connectivity index (χ4n) is 1.04. The van der Waals surface area contributed by atoms with E-state index in [0.29, 0.717) is 0 Å². The lowest BCUT2D eigenvalue weighted by Gasteiger charge is -2.11. The molecule has 84 valence electrons. The number of rotatable bonds is 3. The monoisotopic (exact) mass is 219 g/mol. The van der Waals surface area contributed by atoms with E-state index in [2.05, 4.69) is 9.97 Å². The predicted octanol–water partition coefficient (Wildman–Crippen LogP) is 2.13. The zero-order chi connectivity index (χ0) is 11.5. The molecule has 0 aliphatic heterocycles. The summed E-state index contributed by atoms with van der Waals surface area (Å²) in [6, 6.07) is -0.757. The van der Waals surface area contributed by atoms with Crippen LogP contribution in [0, 0.1) is 6.92 Å². The minimum atomic E-state index is -4.18. The van der Waals surface area contributed by atoms with Crippen LogP contribution < -0.4 is 5.73 Å². The van der Waals surface area contributed by atoms with Crippen LogP contribution >= 0.6 is 0 Å². The molecule has 1 heterocycles. The Kier molecular flexibility index (Phi) is 3.62. The van der Waals surface area contributed by atoms with Crippen LogP contribution in [-0.4, -0.2) is 16.1 Å². The molecule has 0 aliphatic carbocycles. The van der Waals surface area contributed by atoms with Gasteiger partial charge >= 0.3 is 6.18 Å². The molecule has 1 aromatic heterocycles. The molecule has 3 nitrogen and oxygen atoms in total. The molecule has 15 heavy (non-hydrogen) atoms. The third-order valence-corrected chi connectivity index (χ3v) is 1.87. The number of nitrogens with two attached hydrogens (primary N) is 1. The maximum Gasteiger partial charge on any atom is 0.389 e. The number of aryl methyl sites for hydroxylation is 1. The zero-order valence-electron chi connectivity index (χ0n) is 8.25. The molecular weight excluding hydrogens is 207 g/mol. The van der Waals surface area contributed by atoms with E-state index in [1.165, 1.54) is 12.4 Å². The first-order valence-corrected chi connectivity index (χ1v) is 4.49. The van der Waals surface area contributed by atoms with Gasteiger partial charge in [0.1, 0.15) is 5.82 Å². The molecule has 1 unspecified atom stereocenters. The summed E-state index contributed by atoms with van der Waals surface area (Å²) in [7, 11) is 0. The van der Waals surface area contributed by atoms with Gasteiger partial charge in [-0.2, -0.15) is 13.2 Å². The molecule has 0 bridgehead atoms. The van der Waals surface area contributed by atoms with E-state index in [-0.39, 0.29) is 12.2 Å². The van der Waals surface area contributed by atoms with Crippen LogP contribution in [-0.2, 0) is 0 Å². The second-order valence-corrected chi connectivity index (χ2v) is 3.38. The molecule has 6 heteroatoms. The molecule has 1 rings (SSSR count). The number of halogens is 3. The SMILES string of the molecule is Cc1cnc(C(N)CCC(F)(F)F)nc1. The second-order valence-electron chi connectivity index (χ2n) is 3.38. The van der Waals surface area contributed by atoms with Crippen LogP contribution in [0.25, 0.3) is 0 Å². The summed E-state index contributed by atoms with van der Waals surface area (Å²) in [6.45, 7) is 1.80. The van der Waals surface area contributed by atoms with E-state index >= 15 is 0 Å². The van der Waals surface area contributed by atoms with E-state index in [9.17, 15) is 13.2 Å². The topological polar surface area (TPSA) is 51.8 Å². The van der Waals surface area contributed by atoms with Crippen LogP contribution in [0.4, 0.5) is 13.2 Å². The lowest BCUT2D eigenvalue weighted by Crippen LogP contribution is -2.18. The largest absolute Gasteiger partial charge is 0.389 e. The van der Waals surface area contributed by atoms with Gasteiger partial charge in [0.05, 0.1) is 6.04 Å². The summed E-state index contributed by atoms with van der Waals surface area (Å²) in [4.78, 5) is 7.75. The molecule has 0 saturated heterocycles. The number of alkyl halides is 3. The molecule has 0 aromatic carbocycles. The van der Waals surface area contributed by atoms with Gasteiger partial charge in [-0.05, 0) is 18.9 Å². The summed E-state index contributed by atoms with van der Waals surface area (Å²) in [5, 5.41) is 0. The van der Waals surface area contributed by atoms with Crippen molar-refractivity contribution in [3.8, 4) is 0 Å². The van der Waals surface area contributed by atoms with Crippen LogP contribution in [0.2, 0.25) is 0 Å². The maximum atomic E-state index is 11.9. The van der Waals surface area contributed by atoms with Crippen molar-refractivity contribution in [2.75, 3.05) is 0 Å². The quantitative estimate of drug-likeness (QED) is 0.847. The third kappa shape index (κ3) is 4.24. The molecule has 0 aliphatic rings. The van der Waals surface area contributed by atoms with Crippen LogP contribution in [0.15, 0.2) is 12.4 Å². The van der Waals surface area contributed by atoms with Gasteiger partial charge in [-0.3, -0.25) is 0 Å². The second kappa shape index (κ2) is 4.57. The van der Waals surface area contributed by atoms with Crippen molar-refractivity contribution in [3.05, 3.63) is 23.8 Å². The van der Waals surface area contributed by atoms with E-state index in [1.54, 1.807) is 6.92 Å². The highest BCUT2D eigenvalue weighted by molar-refractivity contribution is 5.04. The summed E-state index contributed by atoms with van der Waals surface area (Å²) < 4.78 is 35.7. The van der Waals surface area contributed by atoms with Gasteiger partial charge in [0, 0.05) is 18.8 Å². The smallest absolute Gasteiger partial charge is 0.321 e. The average molecular weight is 219 g/mol. The number of hydrogen-bond donors (Lipinski definition) is 1. The first kappa shape index (κ1) is 11.9. The zero-order valence-corrected chi connectivity index (χ0v) is 8.25. The van der Waals surface area contributed by atoms with Crippen molar-refractivity contribution in [2.45, 2.75) is 32.0 Å². The molecule has 1 atom stereocenters. The van der Waals surface area contributed by atoms with Crippen LogP contribution in [0.1, 0.15) is 30.3 Å². The normalized spacial score (nSPS) is 13.9. The highest BCUT2D eigenvalue weighted by Crippen LogP contribution is 2.24. The summed E-state index contributed by atoms with van der Waals surface area (Å²) in [5.74, 6) is 0.254. The van der Waals surface area contributed by atoms with Crippen molar-refractivity contribution in [1.29, 1.82) is 0 Å². The average Bonchev–Trinajstić information content (AvgIpc) is 2.14. The van der Waals surface area contributed by atoms with Crippen molar-refractivity contribution in [2.24, 2.45) is 5.73 Å². The van der Waals surface area contributed by atoms with E-state index in [0.717, 1.165) is 5.56 Å². The molecule has 1 aromatic rings. The Morgan fingerprint density at radius 3 is 2.33 bits per heavy atom. The van der Waals surface area contributed by atoms with Gasteiger partial charge < -0.3 is 5.73 Å². The lowest BCUT2D eigenvalue weighted by atomic mass is 10.1. The molecule has 0 spiro atoms. The van der Waals surface area contributed by atoms with E-state index in [1.807, 2.05) is 0 Å². The Hall–Kier alpha value is -1.17. The summed E-state index contributed by atoms with van der Waals surface area (Å²) in [6.07, 6.45) is -2.20.